The molecule has 0 fully saturated rings. The van der Waals surface area contributed by atoms with E-state index in [9.17, 15) is 9.90 Å². The number of benzene rings is 4. The lowest BCUT2D eigenvalue weighted by Crippen LogP contribution is -2.05. The maximum Gasteiger partial charge on any atom is 0.352 e. The summed E-state index contributed by atoms with van der Waals surface area (Å²) in [6, 6.07) is 28.1. The molecule has 158 valence electrons. The van der Waals surface area contributed by atoms with Crippen molar-refractivity contribution in [3.05, 3.63) is 90.6 Å². The number of carboxylic acids is 1. The number of H-pyrrole nitrogens is 1. The molecule has 0 radical (unpaired) electrons. The van der Waals surface area contributed by atoms with Crippen LogP contribution < -0.4 is 4.74 Å². The number of aromatic amines is 1. The van der Waals surface area contributed by atoms with Crippen LogP contribution in [0.1, 0.15) is 24.3 Å². The van der Waals surface area contributed by atoms with E-state index >= 15 is 0 Å². The molecule has 0 aliphatic rings. The summed E-state index contributed by atoms with van der Waals surface area (Å²) in [6.07, 6.45) is 0.121. The van der Waals surface area contributed by atoms with E-state index in [1.165, 1.54) is 0 Å². The zero-order valence-electron chi connectivity index (χ0n) is 17.9. The predicted octanol–water partition coefficient (Wildman–Crippen LogP) is 7.14. The average Bonchev–Trinajstić information content (AvgIpc) is 3.18. The van der Waals surface area contributed by atoms with Gasteiger partial charge >= 0.3 is 5.97 Å². The number of nitrogens with one attached hydrogen (secondary N) is 1. The molecule has 1 aromatic heterocycles. The van der Waals surface area contributed by atoms with Crippen LogP contribution >= 0.6 is 0 Å². The van der Waals surface area contributed by atoms with Crippen molar-refractivity contribution in [1.82, 2.24) is 4.98 Å². The minimum absolute atomic E-state index is 0.121. The Hall–Kier alpha value is -4.05. The molecule has 1 heterocycles. The van der Waals surface area contributed by atoms with Crippen molar-refractivity contribution in [3.8, 4) is 28.0 Å². The summed E-state index contributed by atoms with van der Waals surface area (Å²) in [5.41, 5.74) is 4.66. The molecular weight excluding hydrogens is 398 g/mol. The Kier molecular flexibility index (Phi) is 4.91. The van der Waals surface area contributed by atoms with Crippen molar-refractivity contribution < 1.29 is 14.6 Å². The highest BCUT2D eigenvalue weighted by molar-refractivity contribution is 6.09. The highest BCUT2D eigenvalue weighted by atomic mass is 16.5. The molecule has 0 spiro atoms. The number of fused-ring (bicyclic) bond motifs is 2. The Morgan fingerprint density at radius 2 is 1.50 bits per heavy atom. The van der Waals surface area contributed by atoms with Gasteiger partial charge in [-0.05, 0) is 71.6 Å². The van der Waals surface area contributed by atoms with E-state index in [2.05, 4.69) is 23.2 Å². The lowest BCUT2D eigenvalue weighted by Gasteiger charge is -2.10. The van der Waals surface area contributed by atoms with Crippen LogP contribution in [0.3, 0.4) is 0 Å². The van der Waals surface area contributed by atoms with Crippen LogP contribution in [-0.2, 0) is 0 Å². The average molecular weight is 421 g/mol. The van der Waals surface area contributed by atoms with E-state index in [1.807, 2.05) is 80.6 Å². The SMILES string of the molecule is CC(C)Oc1ccc(-c2ccc3[nH]c(C(=O)O)c(-c4ccc5ccccc5c4)c3c2)cc1. The van der Waals surface area contributed by atoms with E-state index in [0.29, 0.717) is 5.56 Å². The first-order chi connectivity index (χ1) is 15.5. The first-order valence-electron chi connectivity index (χ1n) is 10.6. The number of hydrogen-bond donors (Lipinski definition) is 2. The van der Waals surface area contributed by atoms with Gasteiger partial charge in [-0.3, -0.25) is 0 Å². The van der Waals surface area contributed by atoms with E-state index < -0.39 is 5.97 Å². The van der Waals surface area contributed by atoms with Gasteiger partial charge in [-0.25, -0.2) is 4.79 Å². The zero-order chi connectivity index (χ0) is 22.2. The van der Waals surface area contributed by atoms with E-state index in [4.69, 9.17) is 4.74 Å². The van der Waals surface area contributed by atoms with E-state index in [-0.39, 0.29) is 11.8 Å². The largest absolute Gasteiger partial charge is 0.491 e. The van der Waals surface area contributed by atoms with Gasteiger partial charge in [0.15, 0.2) is 0 Å². The molecule has 0 bridgehead atoms. The Labute approximate surface area is 186 Å². The number of hydrogen-bond acceptors (Lipinski definition) is 2. The molecule has 4 aromatic carbocycles. The van der Waals surface area contributed by atoms with Crippen LogP contribution in [0.4, 0.5) is 0 Å². The number of aromatic nitrogens is 1. The summed E-state index contributed by atoms with van der Waals surface area (Å²) in [5, 5.41) is 13.0. The number of carboxylic acid groups (broad SMARTS) is 1. The van der Waals surface area contributed by atoms with Crippen LogP contribution in [-0.4, -0.2) is 22.2 Å². The second-order valence-corrected chi connectivity index (χ2v) is 8.19. The van der Waals surface area contributed by atoms with Gasteiger partial charge in [-0.1, -0.05) is 54.6 Å². The molecule has 0 saturated carbocycles. The van der Waals surface area contributed by atoms with Gasteiger partial charge in [0, 0.05) is 16.5 Å². The summed E-state index contributed by atoms with van der Waals surface area (Å²) in [4.78, 5) is 15.2. The van der Waals surface area contributed by atoms with Crippen molar-refractivity contribution in [2.75, 3.05) is 0 Å². The fraction of sp³-hybridized carbons (Fsp3) is 0.107. The summed E-state index contributed by atoms with van der Waals surface area (Å²) < 4.78 is 5.75. The quantitative estimate of drug-likeness (QED) is 0.317. The van der Waals surface area contributed by atoms with Gasteiger partial charge in [0.05, 0.1) is 6.10 Å². The maximum absolute atomic E-state index is 12.1. The van der Waals surface area contributed by atoms with Crippen LogP contribution in [0, 0.1) is 0 Å². The Balaban J connectivity index is 1.66. The number of ether oxygens (including phenoxy) is 1. The topological polar surface area (TPSA) is 62.3 Å². The molecule has 0 atom stereocenters. The van der Waals surface area contributed by atoms with Gasteiger partial charge in [-0.15, -0.1) is 0 Å². The molecule has 5 aromatic rings. The monoisotopic (exact) mass is 421 g/mol. The van der Waals surface area contributed by atoms with Gasteiger partial charge in [0.1, 0.15) is 11.4 Å². The maximum atomic E-state index is 12.1. The predicted molar refractivity (Wildman–Crippen MR) is 129 cm³/mol. The zero-order valence-corrected chi connectivity index (χ0v) is 17.9. The summed E-state index contributed by atoms with van der Waals surface area (Å²) >= 11 is 0. The third kappa shape index (κ3) is 3.60. The van der Waals surface area contributed by atoms with Crippen molar-refractivity contribution in [2.24, 2.45) is 0 Å². The highest BCUT2D eigenvalue weighted by Crippen LogP contribution is 2.36. The number of rotatable bonds is 5. The second kappa shape index (κ2) is 7.89. The molecule has 2 N–H and O–H groups in total. The second-order valence-electron chi connectivity index (χ2n) is 8.19. The van der Waals surface area contributed by atoms with Crippen molar-refractivity contribution >= 4 is 27.6 Å². The molecule has 5 rings (SSSR count). The Morgan fingerprint density at radius 1 is 0.812 bits per heavy atom. The fourth-order valence-electron chi connectivity index (χ4n) is 4.17. The van der Waals surface area contributed by atoms with Crippen LogP contribution in [0.15, 0.2) is 84.9 Å². The van der Waals surface area contributed by atoms with Crippen molar-refractivity contribution in [2.45, 2.75) is 20.0 Å². The standard InChI is InChI=1S/C28H23NO3/c1-17(2)32-23-12-9-19(10-13-23)21-11-14-25-24(16-21)26(27(29-25)28(30)31)22-8-7-18-5-3-4-6-20(18)15-22/h3-17,29H,1-2H3,(H,30,31). The normalized spacial score (nSPS) is 11.3. The third-order valence-corrected chi connectivity index (χ3v) is 5.61. The lowest BCUT2D eigenvalue weighted by molar-refractivity contribution is 0.0692. The number of carbonyl (C=O) groups is 1. The first kappa shape index (κ1) is 19.9. The smallest absolute Gasteiger partial charge is 0.352 e. The first-order valence-corrected chi connectivity index (χ1v) is 10.6. The van der Waals surface area contributed by atoms with E-state index in [1.54, 1.807) is 0 Å². The van der Waals surface area contributed by atoms with E-state index in [0.717, 1.165) is 44.1 Å². The number of aromatic carboxylic acids is 1. The Bertz CT molecular complexity index is 1450. The molecule has 0 aliphatic carbocycles. The molecule has 0 aliphatic heterocycles. The molecule has 0 amide bonds. The van der Waals surface area contributed by atoms with Crippen molar-refractivity contribution in [1.29, 1.82) is 0 Å². The molecule has 0 saturated heterocycles. The van der Waals surface area contributed by atoms with Crippen LogP contribution in [0.2, 0.25) is 0 Å². The third-order valence-electron chi connectivity index (χ3n) is 5.61. The summed E-state index contributed by atoms with van der Waals surface area (Å²) in [7, 11) is 0. The van der Waals surface area contributed by atoms with Gasteiger partial charge in [-0.2, -0.15) is 0 Å². The molecule has 4 heteroatoms. The lowest BCUT2D eigenvalue weighted by atomic mass is 9.96. The van der Waals surface area contributed by atoms with Gasteiger partial charge < -0.3 is 14.8 Å². The summed E-state index contributed by atoms with van der Waals surface area (Å²) in [6.45, 7) is 4.00. The molecule has 4 nitrogen and oxygen atoms in total. The van der Waals surface area contributed by atoms with Gasteiger partial charge in [0.25, 0.3) is 0 Å². The van der Waals surface area contributed by atoms with Gasteiger partial charge in [0.2, 0.25) is 0 Å². The highest BCUT2D eigenvalue weighted by Gasteiger charge is 2.19. The molecule has 0 unspecified atom stereocenters. The molecular formula is C28H23NO3. The van der Waals surface area contributed by atoms with Crippen LogP contribution in [0.25, 0.3) is 43.9 Å². The van der Waals surface area contributed by atoms with Crippen LogP contribution in [0.5, 0.6) is 5.75 Å². The van der Waals surface area contributed by atoms with Crippen molar-refractivity contribution in [3.63, 3.8) is 0 Å². The fourth-order valence-corrected chi connectivity index (χ4v) is 4.17. The minimum Gasteiger partial charge on any atom is -0.491 e. The molecule has 32 heavy (non-hydrogen) atoms. The minimum atomic E-state index is -0.971. The summed E-state index contributed by atoms with van der Waals surface area (Å²) in [5.74, 6) is -0.141. The Morgan fingerprint density at radius 3 is 2.22 bits per heavy atom.